The van der Waals surface area contributed by atoms with Gasteiger partial charge in [-0.1, -0.05) is 37.3 Å². The van der Waals surface area contributed by atoms with Gasteiger partial charge in [0.1, 0.15) is 32.3 Å². The fourth-order valence-electron chi connectivity index (χ4n) is 3.17. The van der Waals surface area contributed by atoms with E-state index in [0.717, 1.165) is 26.1 Å². The van der Waals surface area contributed by atoms with Crippen LogP contribution in [0.2, 0.25) is 0 Å². The first kappa shape index (κ1) is 22.1. The highest BCUT2D eigenvalue weighted by Crippen LogP contribution is 2.07. The molecule has 0 aliphatic carbocycles. The van der Waals surface area contributed by atoms with Crippen molar-refractivity contribution in [3.63, 3.8) is 0 Å². The molecule has 0 radical (unpaired) electrons. The quantitative estimate of drug-likeness (QED) is 0.507. The SMILES string of the molecule is CCCC(=O)OC[C@H](O)C[NH+](CCOC)Cc1cccn1Cc1ccccc1. The summed E-state index contributed by atoms with van der Waals surface area (Å²) in [6.45, 7) is 5.43. The molecule has 0 saturated heterocycles. The normalized spacial score (nSPS) is 13.2. The van der Waals surface area contributed by atoms with Gasteiger partial charge in [-0.05, 0) is 24.1 Å². The smallest absolute Gasteiger partial charge is 0.305 e. The molecule has 1 aromatic carbocycles. The molecule has 0 spiro atoms. The van der Waals surface area contributed by atoms with Crippen LogP contribution in [0.4, 0.5) is 0 Å². The molecule has 154 valence electrons. The summed E-state index contributed by atoms with van der Waals surface area (Å²) in [5.41, 5.74) is 2.45. The maximum Gasteiger partial charge on any atom is 0.305 e. The number of esters is 1. The van der Waals surface area contributed by atoms with Crippen molar-refractivity contribution in [3.05, 3.63) is 59.9 Å². The number of benzene rings is 1. The Kier molecular flexibility index (Phi) is 9.76. The summed E-state index contributed by atoms with van der Waals surface area (Å²) in [4.78, 5) is 12.7. The van der Waals surface area contributed by atoms with E-state index < -0.39 is 6.10 Å². The summed E-state index contributed by atoms with van der Waals surface area (Å²) in [5, 5.41) is 10.3. The number of nitrogens with one attached hydrogen (secondary N) is 1. The molecular formula is C22H33N2O4+. The minimum Gasteiger partial charge on any atom is -0.463 e. The third kappa shape index (κ3) is 7.84. The van der Waals surface area contributed by atoms with Crippen LogP contribution in [0.1, 0.15) is 31.0 Å². The highest BCUT2D eigenvalue weighted by molar-refractivity contribution is 5.69. The van der Waals surface area contributed by atoms with Gasteiger partial charge in [0.2, 0.25) is 0 Å². The summed E-state index contributed by atoms with van der Waals surface area (Å²) in [6.07, 6.45) is 2.53. The van der Waals surface area contributed by atoms with Gasteiger partial charge in [-0.2, -0.15) is 0 Å². The predicted molar refractivity (Wildman–Crippen MR) is 108 cm³/mol. The Morgan fingerprint density at radius 2 is 2.00 bits per heavy atom. The van der Waals surface area contributed by atoms with E-state index in [2.05, 4.69) is 35.0 Å². The van der Waals surface area contributed by atoms with Gasteiger partial charge in [-0.25, -0.2) is 0 Å². The number of hydrogen-bond acceptors (Lipinski definition) is 4. The molecule has 0 fully saturated rings. The standard InChI is InChI=1S/C22H32N2O4/c1-3-8-22(26)28-18-21(25)17-23(13-14-27-2)16-20-11-7-12-24(20)15-19-9-5-4-6-10-19/h4-7,9-12,21,25H,3,8,13-18H2,1-2H3/p+1/t21-/m1/s1. The van der Waals surface area contributed by atoms with Crippen molar-refractivity contribution in [2.24, 2.45) is 0 Å². The molecule has 2 N–H and O–H groups in total. The third-order valence-corrected chi connectivity index (χ3v) is 4.63. The largest absolute Gasteiger partial charge is 0.463 e. The van der Waals surface area contributed by atoms with Crippen LogP contribution in [0.25, 0.3) is 0 Å². The van der Waals surface area contributed by atoms with Crippen molar-refractivity contribution >= 4 is 5.97 Å². The van der Waals surface area contributed by atoms with Gasteiger partial charge in [0.15, 0.2) is 0 Å². The molecule has 1 heterocycles. The van der Waals surface area contributed by atoms with Gasteiger partial charge in [-0.15, -0.1) is 0 Å². The minimum atomic E-state index is -0.690. The molecule has 0 saturated carbocycles. The molecule has 2 aromatic rings. The van der Waals surface area contributed by atoms with E-state index in [4.69, 9.17) is 9.47 Å². The molecule has 0 bridgehead atoms. The highest BCUT2D eigenvalue weighted by Gasteiger charge is 2.18. The number of nitrogens with zero attached hydrogens (tertiary/aromatic N) is 1. The van der Waals surface area contributed by atoms with Gasteiger partial charge in [0.05, 0.1) is 12.3 Å². The van der Waals surface area contributed by atoms with E-state index in [1.165, 1.54) is 16.2 Å². The number of rotatable bonds is 13. The molecule has 1 unspecified atom stereocenters. The number of ether oxygens (including phenoxy) is 2. The van der Waals surface area contributed by atoms with Crippen LogP contribution in [0.5, 0.6) is 0 Å². The predicted octanol–water partition coefficient (Wildman–Crippen LogP) is 1.27. The number of aliphatic hydroxyl groups excluding tert-OH is 1. The second-order valence-electron chi connectivity index (χ2n) is 7.07. The molecule has 28 heavy (non-hydrogen) atoms. The molecule has 2 atom stereocenters. The van der Waals surface area contributed by atoms with Crippen LogP contribution >= 0.6 is 0 Å². The summed E-state index contributed by atoms with van der Waals surface area (Å²) >= 11 is 0. The molecular weight excluding hydrogens is 356 g/mol. The molecule has 1 aromatic heterocycles. The van der Waals surface area contributed by atoms with Gasteiger partial charge in [0.25, 0.3) is 0 Å². The fourth-order valence-corrected chi connectivity index (χ4v) is 3.17. The number of methoxy groups -OCH3 is 1. The average Bonchev–Trinajstić information content (AvgIpc) is 3.12. The number of aliphatic hydroxyl groups is 1. The molecule has 2 rings (SSSR count). The molecule has 0 amide bonds. The van der Waals surface area contributed by atoms with Crippen molar-refractivity contribution < 1.29 is 24.3 Å². The van der Waals surface area contributed by atoms with Crippen molar-refractivity contribution in [2.45, 2.75) is 39.0 Å². The fraction of sp³-hybridized carbons (Fsp3) is 0.500. The second-order valence-corrected chi connectivity index (χ2v) is 7.07. The van der Waals surface area contributed by atoms with Gasteiger partial charge >= 0.3 is 5.97 Å². The summed E-state index contributed by atoms with van der Waals surface area (Å²) in [5.74, 6) is -0.253. The molecule has 6 nitrogen and oxygen atoms in total. The summed E-state index contributed by atoms with van der Waals surface area (Å²) < 4.78 is 12.6. The van der Waals surface area contributed by atoms with E-state index in [9.17, 15) is 9.90 Å². The maximum absolute atomic E-state index is 11.5. The maximum atomic E-state index is 11.5. The molecule has 0 aliphatic rings. The highest BCUT2D eigenvalue weighted by atomic mass is 16.5. The Bertz CT molecular complexity index is 687. The van der Waals surface area contributed by atoms with E-state index >= 15 is 0 Å². The topological polar surface area (TPSA) is 65.1 Å². The zero-order valence-electron chi connectivity index (χ0n) is 17.0. The lowest BCUT2D eigenvalue weighted by atomic mass is 10.2. The minimum absolute atomic E-state index is 0.0420. The summed E-state index contributed by atoms with van der Waals surface area (Å²) in [6, 6.07) is 14.5. The Hall–Kier alpha value is -2.15. The Morgan fingerprint density at radius 1 is 1.21 bits per heavy atom. The number of quaternary nitrogens is 1. The van der Waals surface area contributed by atoms with E-state index in [1.54, 1.807) is 7.11 Å². The monoisotopic (exact) mass is 389 g/mol. The van der Waals surface area contributed by atoms with Crippen molar-refractivity contribution in [1.82, 2.24) is 4.57 Å². The van der Waals surface area contributed by atoms with E-state index in [-0.39, 0.29) is 12.6 Å². The first-order chi connectivity index (χ1) is 13.6. The van der Waals surface area contributed by atoms with Gasteiger partial charge in [0, 0.05) is 26.3 Å². The van der Waals surface area contributed by atoms with E-state index in [0.29, 0.717) is 19.6 Å². The second kappa shape index (κ2) is 12.3. The Balaban J connectivity index is 1.94. The summed E-state index contributed by atoms with van der Waals surface area (Å²) in [7, 11) is 1.68. The Labute approximate surface area is 167 Å². The van der Waals surface area contributed by atoms with Crippen LogP contribution < -0.4 is 4.90 Å². The lowest BCUT2D eigenvalue weighted by Gasteiger charge is -2.23. The first-order valence-electron chi connectivity index (χ1n) is 9.96. The molecule has 0 aliphatic heterocycles. The van der Waals surface area contributed by atoms with Crippen LogP contribution in [0, 0.1) is 0 Å². The lowest BCUT2D eigenvalue weighted by Crippen LogP contribution is -3.12. The van der Waals surface area contributed by atoms with Crippen LogP contribution in [-0.2, 0) is 27.4 Å². The Morgan fingerprint density at radius 3 is 2.71 bits per heavy atom. The van der Waals surface area contributed by atoms with Crippen molar-refractivity contribution in [2.75, 3.05) is 33.4 Å². The number of aromatic nitrogens is 1. The van der Waals surface area contributed by atoms with Crippen molar-refractivity contribution in [3.8, 4) is 0 Å². The van der Waals surface area contributed by atoms with Gasteiger partial charge < -0.3 is 24.0 Å². The van der Waals surface area contributed by atoms with Crippen LogP contribution in [0.3, 0.4) is 0 Å². The zero-order valence-corrected chi connectivity index (χ0v) is 17.0. The van der Waals surface area contributed by atoms with Crippen LogP contribution in [0.15, 0.2) is 48.7 Å². The zero-order chi connectivity index (χ0) is 20.2. The average molecular weight is 390 g/mol. The van der Waals surface area contributed by atoms with Crippen LogP contribution in [-0.4, -0.2) is 55.2 Å². The third-order valence-electron chi connectivity index (χ3n) is 4.63. The molecule has 6 heteroatoms. The van der Waals surface area contributed by atoms with Gasteiger partial charge in [-0.3, -0.25) is 4.79 Å². The first-order valence-corrected chi connectivity index (χ1v) is 9.96. The number of hydrogen-bond donors (Lipinski definition) is 2. The van der Waals surface area contributed by atoms with Crippen molar-refractivity contribution in [1.29, 1.82) is 0 Å². The number of carbonyl (C=O) groups excluding carboxylic acids is 1. The van der Waals surface area contributed by atoms with E-state index in [1.807, 2.05) is 25.1 Å². The lowest BCUT2D eigenvalue weighted by molar-refractivity contribution is -0.917. The number of carbonyl (C=O) groups is 1.